The molecule has 2 aromatic rings. The summed E-state index contributed by atoms with van der Waals surface area (Å²) in [5.41, 5.74) is 5.14. The first kappa shape index (κ1) is 13.5. The second kappa shape index (κ2) is 5.13. The lowest BCUT2D eigenvalue weighted by molar-refractivity contribution is -0.135. The average Bonchev–Trinajstić information content (AvgIpc) is 2.76. The molecule has 0 aromatic heterocycles. The van der Waals surface area contributed by atoms with E-state index in [0.717, 1.165) is 17.1 Å². The van der Waals surface area contributed by atoms with E-state index in [1.807, 2.05) is 43.0 Å². The molecule has 4 nitrogen and oxygen atoms in total. The Balaban J connectivity index is 2.03. The molecule has 1 aliphatic rings. The number of rotatable bonds is 3. The van der Waals surface area contributed by atoms with E-state index in [9.17, 15) is 4.79 Å². The molecule has 0 saturated carbocycles. The number of aryl methyl sites for hydroxylation is 2. The summed E-state index contributed by atoms with van der Waals surface area (Å²) < 4.78 is 0. The lowest BCUT2D eigenvalue weighted by Crippen LogP contribution is -2.27. The minimum atomic E-state index is -0.875. The predicted octanol–water partition coefficient (Wildman–Crippen LogP) is 3.34. The number of anilines is 3. The number of para-hydroxylation sites is 2. The van der Waals surface area contributed by atoms with Crippen LogP contribution in [0.2, 0.25) is 0 Å². The summed E-state index contributed by atoms with van der Waals surface area (Å²) in [5.74, 6) is -0.875. The van der Waals surface area contributed by atoms with Gasteiger partial charge in [0.2, 0.25) is 6.67 Å². The molecule has 106 valence electrons. The average molecular weight is 280 g/mol. The van der Waals surface area contributed by atoms with Gasteiger partial charge in [-0.15, -0.1) is 0 Å². The zero-order chi connectivity index (χ0) is 15.0. The fraction of sp³-hybridized carbons (Fsp3) is 0.176. The molecule has 0 unspecified atom stereocenters. The zero-order valence-electron chi connectivity index (χ0n) is 12.0. The van der Waals surface area contributed by atoms with Gasteiger partial charge < -0.3 is 14.9 Å². The van der Waals surface area contributed by atoms with Gasteiger partial charge in [0.1, 0.15) is 6.54 Å². The Labute approximate surface area is 124 Å². The van der Waals surface area contributed by atoms with Crippen LogP contribution in [-0.2, 0) is 4.79 Å². The summed E-state index contributed by atoms with van der Waals surface area (Å²) in [6.45, 7) is 7.14. The molecule has 1 aliphatic heterocycles. The molecule has 0 aliphatic carbocycles. The van der Waals surface area contributed by atoms with Gasteiger partial charge in [0, 0.05) is 5.69 Å². The Morgan fingerprint density at radius 1 is 1.10 bits per heavy atom. The molecule has 0 amide bonds. The first-order chi connectivity index (χ1) is 10.0. The molecule has 0 atom stereocenters. The van der Waals surface area contributed by atoms with Crippen molar-refractivity contribution in [2.45, 2.75) is 13.8 Å². The fourth-order valence-electron chi connectivity index (χ4n) is 2.64. The lowest BCUT2D eigenvalue weighted by Gasteiger charge is -2.19. The molecule has 1 heterocycles. The van der Waals surface area contributed by atoms with Crippen LogP contribution in [0, 0.1) is 20.5 Å². The van der Waals surface area contributed by atoms with Crippen LogP contribution in [0.3, 0.4) is 0 Å². The van der Waals surface area contributed by atoms with E-state index >= 15 is 0 Å². The van der Waals surface area contributed by atoms with Crippen molar-refractivity contribution in [3.8, 4) is 0 Å². The van der Waals surface area contributed by atoms with E-state index in [0.29, 0.717) is 0 Å². The monoisotopic (exact) mass is 280 g/mol. The van der Waals surface area contributed by atoms with Gasteiger partial charge in [-0.05, 0) is 49.2 Å². The number of fused-ring (bicyclic) bond motifs is 1. The normalized spacial score (nSPS) is 13.4. The molecular weight excluding hydrogens is 264 g/mol. The highest BCUT2D eigenvalue weighted by atomic mass is 16.4. The maximum Gasteiger partial charge on any atom is 0.323 e. The summed E-state index contributed by atoms with van der Waals surface area (Å²) >= 11 is 0. The zero-order valence-corrected chi connectivity index (χ0v) is 12.0. The maximum absolute atomic E-state index is 11.0. The second-order valence-corrected chi connectivity index (χ2v) is 5.25. The largest absolute Gasteiger partial charge is 0.480 e. The molecular formula is C17H16N2O2. The molecule has 0 fully saturated rings. The van der Waals surface area contributed by atoms with Crippen LogP contribution in [0.15, 0.2) is 42.5 Å². The molecule has 3 rings (SSSR count). The van der Waals surface area contributed by atoms with E-state index in [1.54, 1.807) is 4.90 Å². The summed E-state index contributed by atoms with van der Waals surface area (Å²) in [4.78, 5) is 14.6. The third kappa shape index (κ3) is 2.57. The van der Waals surface area contributed by atoms with Crippen LogP contribution >= 0.6 is 0 Å². The minimum Gasteiger partial charge on any atom is -0.480 e. The topological polar surface area (TPSA) is 43.8 Å². The minimum absolute atomic E-state index is 0.0989. The fourth-order valence-corrected chi connectivity index (χ4v) is 2.64. The Morgan fingerprint density at radius 3 is 2.33 bits per heavy atom. The van der Waals surface area contributed by atoms with E-state index in [1.165, 1.54) is 11.1 Å². The number of nitrogens with zero attached hydrogens (tertiary/aromatic N) is 2. The van der Waals surface area contributed by atoms with Crippen molar-refractivity contribution in [3.63, 3.8) is 0 Å². The number of carbonyl (C=O) groups is 1. The molecule has 0 saturated heterocycles. The molecule has 2 aromatic carbocycles. The number of carboxylic acid groups (broad SMARTS) is 1. The summed E-state index contributed by atoms with van der Waals surface area (Å²) in [7, 11) is 0. The Bertz CT molecular complexity index is 677. The molecule has 2 radical (unpaired) electrons. The summed E-state index contributed by atoms with van der Waals surface area (Å²) in [6, 6.07) is 14.0. The molecule has 0 spiro atoms. The van der Waals surface area contributed by atoms with Crippen molar-refractivity contribution in [1.29, 1.82) is 0 Å². The standard InChI is InChI=1S/C17H16N2O2/c1-12-7-13(2)9-14(8-12)19-11-18(10-17(20)21)15-5-3-4-6-16(15)19/h3-9H,10H2,1-2H3,(H,20,21). The van der Waals surface area contributed by atoms with Gasteiger partial charge in [-0.1, -0.05) is 18.2 Å². The van der Waals surface area contributed by atoms with Crippen LogP contribution in [0.4, 0.5) is 17.1 Å². The van der Waals surface area contributed by atoms with Gasteiger partial charge in [-0.3, -0.25) is 4.79 Å². The van der Waals surface area contributed by atoms with E-state index in [-0.39, 0.29) is 6.54 Å². The highest BCUT2D eigenvalue weighted by Gasteiger charge is 2.29. The highest BCUT2D eigenvalue weighted by molar-refractivity contribution is 5.88. The molecule has 21 heavy (non-hydrogen) atoms. The third-order valence-corrected chi connectivity index (χ3v) is 3.39. The Kier molecular flexibility index (Phi) is 3.29. The summed E-state index contributed by atoms with van der Waals surface area (Å²) in [5, 5.41) is 9.04. The number of hydrogen-bond donors (Lipinski definition) is 1. The van der Waals surface area contributed by atoms with Crippen molar-refractivity contribution < 1.29 is 9.90 Å². The van der Waals surface area contributed by atoms with Gasteiger partial charge in [-0.2, -0.15) is 0 Å². The van der Waals surface area contributed by atoms with Crippen LogP contribution in [0.25, 0.3) is 0 Å². The first-order valence-electron chi connectivity index (χ1n) is 6.77. The number of carboxylic acids is 1. The van der Waals surface area contributed by atoms with Gasteiger partial charge in [-0.25, -0.2) is 0 Å². The number of benzene rings is 2. The van der Waals surface area contributed by atoms with Gasteiger partial charge in [0.05, 0.1) is 11.4 Å². The van der Waals surface area contributed by atoms with Crippen molar-refractivity contribution in [1.82, 2.24) is 0 Å². The number of aliphatic carboxylic acids is 1. The van der Waals surface area contributed by atoms with Crippen LogP contribution in [-0.4, -0.2) is 17.6 Å². The molecule has 4 heteroatoms. The van der Waals surface area contributed by atoms with Crippen LogP contribution < -0.4 is 9.80 Å². The molecule has 0 bridgehead atoms. The smallest absolute Gasteiger partial charge is 0.323 e. The maximum atomic E-state index is 11.0. The van der Waals surface area contributed by atoms with Crippen LogP contribution in [0.1, 0.15) is 11.1 Å². The van der Waals surface area contributed by atoms with Crippen molar-refractivity contribution in [3.05, 3.63) is 60.3 Å². The Hall–Kier alpha value is -2.49. The second-order valence-electron chi connectivity index (χ2n) is 5.25. The Morgan fingerprint density at radius 2 is 1.71 bits per heavy atom. The van der Waals surface area contributed by atoms with Crippen molar-refractivity contribution in [2.75, 3.05) is 16.3 Å². The van der Waals surface area contributed by atoms with Gasteiger partial charge in [0.15, 0.2) is 0 Å². The number of hydrogen-bond acceptors (Lipinski definition) is 3. The van der Waals surface area contributed by atoms with E-state index in [4.69, 9.17) is 5.11 Å². The quantitative estimate of drug-likeness (QED) is 0.936. The highest BCUT2D eigenvalue weighted by Crippen LogP contribution is 2.42. The summed E-state index contributed by atoms with van der Waals surface area (Å²) in [6.07, 6.45) is 0. The first-order valence-corrected chi connectivity index (χ1v) is 6.77. The van der Waals surface area contributed by atoms with Crippen molar-refractivity contribution >= 4 is 23.0 Å². The van der Waals surface area contributed by atoms with E-state index < -0.39 is 5.97 Å². The van der Waals surface area contributed by atoms with Crippen molar-refractivity contribution in [2.24, 2.45) is 0 Å². The third-order valence-electron chi connectivity index (χ3n) is 3.39. The van der Waals surface area contributed by atoms with Gasteiger partial charge >= 0.3 is 5.97 Å². The SMILES string of the molecule is Cc1cc(C)cc(N2[C]N(CC(=O)O)c3ccccc32)c1. The van der Waals surface area contributed by atoms with E-state index in [2.05, 4.69) is 24.9 Å². The predicted molar refractivity (Wildman–Crippen MR) is 82.7 cm³/mol. The molecule has 1 N–H and O–H groups in total. The van der Waals surface area contributed by atoms with Gasteiger partial charge in [0.25, 0.3) is 0 Å². The van der Waals surface area contributed by atoms with Crippen LogP contribution in [0.5, 0.6) is 0 Å². The lowest BCUT2D eigenvalue weighted by atomic mass is 10.1.